The van der Waals surface area contributed by atoms with Gasteiger partial charge >= 0.3 is 5.97 Å². The quantitative estimate of drug-likeness (QED) is 0.803. The number of hydrogen-bond donors (Lipinski definition) is 2. The predicted molar refractivity (Wildman–Crippen MR) is 71.4 cm³/mol. The third kappa shape index (κ3) is 2.48. The second-order valence-corrected chi connectivity index (χ2v) is 5.34. The number of likely N-dealkylation sites (tertiary alicyclic amines) is 1. The molecule has 1 fully saturated rings. The van der Waals surface area contributed by atoms with Crippen molar-refractivity contribution in [2.45, 2.75) is 20.4 Å². The van der Waals surface area contributed by atoms with Gasteiger partial charge < -0.3 is 10.8 Å². The molecule has 1 aromatic rings. The third-order valence-electron chi connectivity index (χ3n) is 3.85. The van der Waals surface area contributed by atoms with Gasteiger partial charge in [0.1, 0.15) is 0 Å². The Morgan fingerprint density at radius 1 is 1.39 bits per heavy atom. The van der Waals surface area contributed by atoms with Crippen molar-refractivity contribution in [2.75, 3.05) is 18.8 Å². The van der Waals surface area contributed by atoms with E-state index in [1.165, 1.54) is 0 Å². The molecule has 1 heterocycles. The maximum absolute atomic E-state index is 11.2. The van der Waals surface area contributed by atoms with Gasteiger partial charge in [-0.3, -0.25) is 4.90 Å². The van der Waals surface area contributed by atoms with Gasteiger partial charge in [0.05, 0.1) is 5.56 Å². The summed E-state index contributed by atoms with van der Waals surface area (Å²) >= 11 is 0. The molecule has 2 unspecified atom stereocenters. The molecular formula is C14H20N2O2. The first-order valence-electron chi connectivity index (χ1n) is 6.32. The molecule has 18 heavy (non-hydrogen) atoms. The zero-order valence-corrected chi connectivity index (χ0v) is 10.9. The lowest BCUT2D eigenvalue weighted by Gasteiger charge is -2.17. The van der Waals surface area contributed by atoms with E-state index in [2.05, 4.69) is 18.7 Å². The summed E-state index contributed by atoms with van der Waals surface area (Å²) in [5.41, 5.74) is 7.16. The van der Waals surface area contributed by atoms with Crippen molar-refractivity contribution in [1.29, 1.82) is 0 Å². The van der Waals surface area contributed by atoms with Crippen molar-refractivity contribution in [3.05, 3.63) is 29.3 Å². The summed E-state index contributed by atoms with van der Waals surface area (Å²) in [6.45, 7) is 7.19. The number of nitrogens with zero attached hydrogens (tertiary/aromatic N) is 1. The number of hydrogen-bond acceptors (Lipinski definition) is 3. The Morgan fingerprint density at radius 3 is 2.56 bits per heavy atom. The Labute approximate surface area is 107 Å². The lowest BCUT2D eigenvalue weighted by Crippen LogP contribution is -2.22. The Balaban J connectivity index is 2.20. The number of carboxylic acids is 1. The summed E-state index contributed by atoms with van der Waals surface area (Å²) < 4.78 is 0. The van der Waals surface area contributed by atoms with Crippen LogP contribution >= 0.6 is 0 Å². The minimum atomic E-state index is -0.941. The molecule has 1 aromatic carbocycles. The van der Waals surface area contributed by atoms with Crippen LogP contribution in [0.2, 0.25) is 0 Å². The summed E-state index contributed by atoms with van der Waals surface area (Å²) in [4.78, 5) is 13.5. The van der Waals surface area contributed by atoms with Crippen LogP contribution in [0, 0.1) is 11.8 Å². The molecule has 2 rings (SSSR count). The Bertz CT molecular complexity index is 449. The highest BCUT2D eigenvalue weighted by Crippen LogP contribution is 2.26. The molecule has 3 N–H and O–H groups in total. The largest absolute Gasteiger partial charge is 0.478 e. The first-order valence-corrected chi connectivity index (χ1v) is 6.32. The number of benzene rings is 1. The van der Waals surface area contributed by atoms with Crippen LogP contribution in [0.4, 0.5) is 5.69 Å². The molecule has 4 heteroatoms. The molecule has 0 radical (unpaired) electrons. The molecule has 4 nitrogen and oxygen atoms in total. The van der Waals surface area contributed by atoms with Crippen LogP contribution in [0.5, 0.6) is 0 Å². The van der Waals surface area contributed by atoms with Gasteiger partial charge in [-0.25, -0.2) is 4.79 Å². The van der Waals surface area contributed by atoms with Gasteiger partial charge in [-0.05, 0) is 23.5 Å². The molecule has 1 aliphatic rings. The fourth-order valence-electron chi connectivity index (χ4n) is 2.63. The molecular weight excluding hydrogens is 228 g/mol. The van der Waals surface area contributed by atoms with Crippen LogP contribution in [-0.2, 0) is 6.54 Å². The molecule has 0 amide bonds. The Hall–Kier alpha value is -1.55. The van der Waals surface area contributed by atoms with E-state index in [0.717, 1.165) is 18.7 Å². The highest BCUT2D eigenvalue weighted by molar-refractivity contribution is 5.95. The Morgan fingerprint density at radius 2 is 2.00 bits per heavy atom. The third-order valence-corrected chi connectivity index (χ3v) is 3.85. The van der Waals surface area contributed by atoms with E-state index in [1.807, 2.05) is 12.1 Å². The Kier molecular flexibility index (Phi) is 3.57. The molecule has 1 aliphatic heterocycles. The van der Waals surface area contributed by atoms with Gasteiger partial charge in [0.2, 0.25) is 0 Å². The van der Waals surface area contributed by atoms with Gasteiger partial charge in [-0.1, -0.05) is 26.0 Å². The van der Waals surface area contributed by atoms with Crippen LogP contribution in [0.1, 0.15) is 29.8 Å². The average molecular weight is 248 g/mol. The number of aromatic carboxylic acids is 1. The van der Waals surface area contributed by atoms with Gasteiger partial charge in [-0.15, -0.1) is 0 Å². The number of anilines is 1. The van der Waals surface area contributed by atoms with E-state index < -0.39 is 5.97 Å². The van der Waals surface area contributed by atoms with E-state index in [-0.39, 0.29) is 5.56 Å². The van der Waals surface area contributed by atoms with Gasteiger partial charge in [0.15, 0.2) is 0 Å². The summed E-state index contributed by atoms with van der Waals surface area (Å²) in [6.07, 6.45) is 0. The zero-order chi connectivity index (χ0) is 13.3. The molecule has 0 bridgehead atoms. The number of nitrogens with two attached hydrogens (primary N) is 1. The van der Waals surface area contributed by atoms with E-state index in [4.69, 9.17) is 5.73 Å². The summed E-state index contributed by atoms with van der Waals surface area (Å²) in [5.74, 6) is 0.391. The molecule has 0 saturated carbocycles. The van der Waals surface area contributed by atoms with Gasteiger partial charge in [0.25, 0.3) is 0 Å². The summed E-state index contributed by atoms with van der Waals surface area (Å²) in [7, 11) is 0. The fraction of sp³-hybridized carbons (Fsp3) is 0.500. The van der Waals surface area contributed by atoms with Crippen molar-refractivity contribution in [3.8, 4) is 0 Å². The van der Waals surface area contributed by atoms with Crippen LogP contribution in [0.25, 0.3) is 0 Å². The lowest BCUT2D eigenvalue weighted by atomic mass is 10.0. The number of carbonyl (C=O) groups is 1. The second-order valence-electron chi connectivity index (χ2n) is 5.34. The molecule has 1 saturated heterocycles. The van der Waals surface area contributed by atoms with E-state index in [0.29, 0.717) is 24.1 Å². The van der Waals surface area contributed by atoms with Crippen LogP contribution in [0.15, 0.2) is 18.2 Å². The van der Waals surface area contributed by atoms with Crippen LogP contribution in [-0.4, -0.2) is 29.1 Å². The van der Waals surface area contributed by atoms with Crippen molar-refractivity contribution < 1.29 is 9.90 Å². The maximum atomic E-state index is 11.2. The normalized spacial score (nSPS) is 24.3. The van der Waals surface area contributed by atoms with Crippen LogP contribution in [0.3, 0.4) is 0 Å². The van der Waals surface area contributed by atoms with Gasteiger partial charge in [0, 0.05) is 25.3 Å². The topological polar surface area (TPSA) is 66.6 Å². The SMILES string of the molecule is CC1CN(Cc2cccc(N)c2C(=O)O)CC1C. The van der Waals surface area contributed by atoms with Crippen molar-refractivity contribution in [3.63, 3.8) is 0 Å². The average Bonchev–Trinajstić information content (AvgIpc) is 2.57. The van der Waals surface area contributed by atoms with E-state index >= 15 is 0 Å². The molecule has 0 aliphatic carbocycles. The summed E-state index contributed by atoms with van der Waals surface area (Å²) in [5, 5.41) is 9.23. The van der Waals surface area contributed by atoms with Crippen LogP contribution < -0.4 is 5.73 Å². The minimum Gasteiger partial charge on any atom is -0.478 e. The molecule has 98 valence electrons. The highest BCUT2D eigenvalue weighted by atomic mass is 16.4. The molecule has 0 spiro atoms. The number of carboxylic acid groups (broad SMARTS) is 1. The first kappa shape index (κ1) is 12.9. The van der Waals surface area contributed by atoms with E-state index in [9.17, 15) is 9.90 Å². The smallest absolute Gasteiger partial charge is 0.338 e. The van der Waals surface area contributed by atoms with E-state index in [1.54, 1.807) is 6.07 Å². The molecule has 2 atom stereocenters. The predicted octanol–water partition coefficient (Wildman–Crippen LogP) is 2.05. The number of rotatable bonds is 3. The second kappa shape index (κ2) is 4.98. The highest BCUT2D eigenvalue weighted by Gasteiger charge is 2.27. The van der Waals surface area contributed by atoms with Crippen molar-refractivity contribution >= 4 is 11.7 Å². The van der Waals surface area contributed by atoms with Crippen molar-refractivity contribution in [1.82, 2.24) is 4.90 Å². The minimum absolute atomic E-state index is 0.254. The number of nitrogen functional groups attached to an aromatic ring is 1. The monoisotopic (exact) mass is 248 g/mol. The summed E-state index contributed by atoms with van der Waals surface area (Å²) in [6, 6.07) is 5.32. The zero-order valence-electron chi connectivity index (χ0n) is 10.9. The standard InChI is InChI=1S/C14H20N2O2/c1-9-6-16(7-10(9)2)8-11-4-3-5-12(15)13(11)14(17)18/h3-5,9-10H,6-8,15H2,1-2H3,(H,17,18). The molecule has 0 aromatic heterocycles. The fourth-order valence-corrected chi connectivity index (χ4v) is 2.63. The maximum Gasteiger partial charge on any atom is 0.338 e. The van der Waals surface area contributed by atoms with Gasteiger partial charge in [-0.2, -0.15) is 0 Å². The first-order chi connectivity index (χ1) is 8.49. The van der Waals surface area contributed by atoms with Crippen molar-refractivity contribution in [2.24, 2.45) is 11.8 Å². The lowest BCUT2D eigenvalue weighted by molar-refractivity contribution is 0.0696.